The van der Waals surface area contributed by atoms with Crippen LogP contribution in [0.1, 0.15) is 17.3 Å². The molecule has 1 amide bonds. The topological polar surface area (TPSA) is 41.6 Å². The molecule has 4 nitrogen and oxygen atoms in total. The summed E-state index contributed by atoms with van der Waals surface area (Å²) in [4.78, 5) is 15.2. The SMILES string of the molecule is CC1CN(C(=O)c2ccccc2Nc2ccc(SC(F)F)cc2)CCO1. The van der Waals surface area contributed by atoms with Crippen LogP contribution in [-0.4, -0.2) is 42.4 Å². The number of nitrogens with one attached hydrogen (secondary N) is 1. The number of para-hydroxylation sites is 1. The molecule has 0 aromatic heterocycles. The Labute approximate surface area is 155 Å². The minimum absolute atomic E-state index is 0.0210. The van der Waals surface area contributed by atoms with Crippen molar-refractivity contribution in [3.8, 4) is 0 Å². The van der Waals surface area contributed by atoms with Gasteiger partial charge in [-0.2, -0.15) is 8.78 Å². The Balaban J connectivity index is 1.75. The molecule has 1 aliphatic rings. The number of amides is 1. The van der Waals surface area contributed by atoms with Crippen molar-refractivity contribution in [2.75, 3.05) is 25.0 Å². The van der Waals surface area contributed by atoms with Crippen LogP contribution in [-0.2, 0) is 4.74 Å². The smallest absolute Gasteiger partial charge is 0.288 e. The van der Waals surface area contributed by atoms with Gasteiger partial charge in [0.15, 0.2) is 0 Å². The van der Waals surface area contributed by atoms with E-state index < -0.39 is 5.76 Å². The first-order valence-corrected chi connectivity index (χ1v) is 9.22. The fourth-order valence-electron chi connectivity index (χ4n) is 2.83. The van der Waals surface area contributed by atoms with Crippen molar-refractivity contribution in [1.82, 2.24) is 4.90 Å². The second-order valence-corrected chi connectivity index (χ2v) is 7.07. The maximum Gasteiger partial charge on any atom is 0.288 e. The fraction of sp³-hybridized carbons (Fsp3) is 0.316. The van der Waals surface area contributed by atoms with E-state index in [1.54, 1.807) is 35.2 Å². The van der Waals surface area contributed by atoms with Gasteiger partial charge < -0.3 is 15.0 Å². The first-order chi connectivity index (χ1) is 12.5. The van der Waals surface area contributed by atoms with Gasteiger partial charge in [0.1, 0.15) is 0 Å². The van der Waals surface area contributed by atoms with Crippen LogP contribution in [0.5, 0.6) is 0 Å². The van der Waals surface area contributed by atoms with E-state index in [0.717, 1.165) is 5.69 Å². The van der Waals surface area contributed by atoms with E-state index in [9.17, 15) is 13.6 Å². The van der Waals surface area contributed by atoms with Gasteiger partial charge in [-0.05, 0) is 43.3 Å². The van der Waals surface area contributed by atoms with Gasteiger partial charge in [0, 0.05) is 23.7 Å². The Morgan fingerprint density at radius 1 is 1.23 bits per heavy atom. The number of carbonyl (C=O) groups is 1. The molecule has 1 aliphatic heterocycles. The molecule has 0 saturated carbocycles. The molecule has 0 bridgehead atoms. The number of alkyl halides is 2. The van der Waals surface area contributed by atoms with E-state index in [0.29, 0.717) is 47.6 Å². The minimum atomic E-state index is -2.44. The Morgan fingerprint density at radius 3 is 2.65 bits per heavy atom. The predicted octanol–water partition coefficient (Wildman–Crippen LogP) is 4.61. The van der Waals surface area contributed by atoms with Crippen LogP contribution < -0.4 is 5.32 Å². The molecule has 1 N–H and O–H groups in total. The molecule has 0 aliphatic carbocycles. The van der Waals surface area contributed by atoms with Crippen LogP contribution in [0.2, 0.25) is 0 Å². The largest absolute Gasteiger partial charge is 0.375 e. The molecule has 2 aromatic rings. The number of nitrogens with zero attached hydrogens (tertiary/aromatic N) is 1. The molecule has 26 heavy (non-hydrogen) atoms. The van der Waals surface area contributed by atoms with Crippen molar-refractivity contribution in [3.05, 3.63) is 54.1 Å². The standard InChI is InChI=1S/C19H20F2N2O2S/c1-13-12-23(10-11-25-13)18(24)16-4-2-3-5-17(16)22-14-6-8-15(9-7-14)26-19(20)21/h2-9,13,19,22H,10-12H2,1H3. The van der Waals surface area contributed by atoms with E-state index in [2.05, 4.69) is 5.32 Å². The lowest BCUT2D eigenvalue weighted by Gasteiger charge is -2.31. The first kappa shape index (κ1) is 18.7. The van der Waals surface area contributed by atoms with Gasteiger partial charge in [-0.3, -0.25) is 4.79 Å². The van der Waals surface area contributed by atoms with Gasteiger partial charge in [0.25, 0.3) is 11.7 Å². The highest BCUT2D eigenvalue weighted by atomic mass is 32.2. The van der Waals surface area contributed by atoms with Gasteiger partial charge >= 0.3 is 0 Å². The summed E-state index contributed by atoms with van der Waals surface area (Å²) in [6.45, 7) is 3.61. The van der Waals surface area contributed by atoms with Crippen molar-refractivity contribution in [2.24, 2.45) is 0 Å². The molecule has 0 spiro atoms. The van der Waals surface area contributed by atoms with E-state index in [1.807, 2.05) is 25.1 Å². The summed E-state index contributed by atoms with van der Waals surface area (Å²) < 4.78 is 30.3. The molecule has 2 aromatic carbocycles. The number of rotatable bonds is 5. The molecule has 1 saturated heterocycles. The van der Waals surface area contributed by atoms with Gasteiger partial charge in [-0.25, -0.2) is 0 Å². The highest BCUT2D eigenvalue weighted by Gasteiger charge is 2.24. The van der Waals surface area contributed by atoms with E-state index in [1.165, 1.54) is 0 Å². The molecule has 1 fully saturated rings. The Bertz CT molecular complexity index is 755. The lowest BCUT2D eigenvalue weighted by atomic mass is 10.1. The summed E-state index contributed by atoms with van der Waals surface area (Å²) in [6, 6.07) is 14.0. The van der Waals surface area contributed by atoms with Crippen LogP contribution in [0.25, 0.3) is 0 Å². The molecular formula is C19H20F2N2O2S. The van der Waals surface area contributed by atoms with Gasteiger partial charge in [0.05, 0.1) is 24.0 Å². The Morgan fingerprint density at radius 2 is 1.96 bits per heavy atom. The Kier molecular flexibility index (Phi) is 6.11. The van der Waals surface area contributed by atoms with Gasteiger partial charge in [0.2, 0.25) is 0 Å². The Hall–Kier alpha value is -2.12. The quantitative estimate of drug-likeness (QED) is 0.772. The summed E-state index contributed by atoms with van der Waals surface area (Å²) in [7, 11) is 0. The normalized spacial score (nSPS) is 17.4. The molecular weight excluding hydrogens is 358 g/mol. The molecule has 3 rings (SSSR count). The lowest BCUT2D eigenvalue weighted by Crippen LogP contribution is -2.44. The average Bonchev–Trinajstić information content (AvgIpc) is 2.63. The van der Waals surface area contributed by atoms with E-state index >= 15 is 0 Å². The third-order valence-corrected chi connectivity index (χ3v) is 4.77. The molecule has 0 radical (unpaired) electrons. The summed E-state index contributed by atoms with van der Waals surface area (Å²) in [5.41, 5.74) is 2.00. The van der Waals surface area contributed by atoms with Crippen molar-refractivity contribution < 1.29 is 18.3 Å². The van der Waals surface area contributed by atoms with Crippen LogP contribution in [0.3, 0.4) is 0 Å². The zero-order chi connectivity index (χ0) is 18.5. The predicted molar refractivity (Wildman–Crippen MR) is 99.3 cm³/mol. The molecule has 1 heterocycles. The third-order valence-electron chi connectivity index (χ3n) is 4.04. The second-order valence-electron chi connectivity index (χ2n) is 6.01. The lowest BCUT2D eigenvalue weighted by molar-refractivity contribution is -0.0123. The van der Waals surface area contributed by atoms with Crippen LogP contribution in [0.4, 0.5) is 20.2 Å². The highest BCUT2D eigenvalue weighted by molar-refractivity contribution is 7.99. The number of ether oxygens (including phenoxy) is 1. The number of anilines is 2. The zero-order valence-corrected chi connectivity index (χ0v) is 15.1. The van der Waals surface area contributed by atoms with Crippen LogP contribution in [0.15, 0.2) is 53.4 Å². The summed E-state index contributed by atoms with van der Waals surface area (Å²) >= 11 is 0.507. The summed E-state index contributed by atoms with van der Waals surface area (Å²) in [6.07, 6.45) is 0.0210. The number of morpholine rings is 1. The van der Waals surface area contributed by atoms with Crippen LogP contribution in [0, 0.1) is 0 Å². The summed E-state index contributed by atoms with van der Waals surface area (Å²) in [5, 5.41) is 3.21. The van der Waals surface area contributed by atoms with Gasteiger partial charge in [-0.1, -0.05) is 23.9 Å². The minimum Gasteiger partial charge on any atom is -0.375 e. The van der Waals surface area contributed by atoms with Crippen molar-refractivity contribution in [3.63, 3.8) is 0 Å². The van der Waals surface area contributed by atoms with Crippen molar-refractivity contribution >= 4 is 29.0 Å². The van der Waals surface area contributed by atoms with Crippen molar-refractivity contribution in [2.45, 2.75) is 23.7 Å². The molecule has 7 heteroatoms. The summed E-state index contributed by atoms with van der Waals surface area (Å²) in [5.74, 6) is -2.49. The molecule has 1 atom stereocenters. The fourth-order valence-corrected chi connectivity index (χ4v) is 3.33. The second kappa shape index (κ2) is 8.51. The number of thioether (sulfide) groups is 1. The number of halogens is 2. The van der Waals surface area contributed by atoms with E-state index in [4.69, 9.17) is 4.74 Å². The number of carbonyl (C=O) groups excluding carboxylic acids is 1. The maximum atomic E-state index is 12.9. The van der Waals surface area contributed by atoms with E-state index in [-0.39, 0.29) is 12.0 Å². The van der Waals surface area contributed by atoms with Gasteiger partial charge in [-0.15, -0.1) is 0 Å². The maximum absolute atomic E-state index is 12.9. The zero-order valence-electron chi connectivity index (χ0n) is 14.3. The number of hydrogen-bond acceptors (Lipinski definition) is 4. The first-order valence-electron chi connectivity index (χ1n) is 8.35. The average molecular weight is 378 g/mol. The molecule has 1 unspecified atom stereocenters. The van der Waals surface area contributed by atoms with Crippen molar-refractivity contribution in [1.29, 1.82) is 0 Å². The number of benzene rings is 2. The van der Waals surface area contributed by atoms with Crippen LogP contribution >= 0.6 is 11.8 Å². The monoisotopic (exact) mass is 378 g/mol. The molecule has 138 valence electrons. The highest BCUT2D eigenvalue weighted by Crippen LogP contribution is 2.28. The third kappa shape index (κ3) is 4.74. The number of hydrogen-bond donors (Lipinski definition) is 1.